The Morgan fingerprint density at radius 3 is 2.58 bits per heavy atom. The van der Waals surface area contributed by atoms with E-state index in [4.69, 9.17) is 11.8 Å². The van der Waals surface area contributed by atoms with E-state index in [1.165, 1.54) is 0 Å². The Morgan fingerprint density at radius 1 is 1.53 bits per heavy atom. The number of thiazole rings is 1. The predicted molar refractivity (Wildman–Crippen MR) is 79.9 cm³/mol. The molecule has 4 nitrogen and oxygen atoms in total. The van der Waals surface area contributed by atoms with Crippen LogP contribution < -0.4 is 14.8 Å². The molecule has 0 fully saturated rings. The van der Waals surface area contributed by atoms with Gasteiger partial charge in [0.15, 0.2) is 5.13 Å². The van der Waals surface area contributed by atoms with Gasteiger partial charge in [0.25, 0.3) is 5.70 Å². The molecule has 0 saturated heterocycles. The summed E-state index contributed by atoms with van der Waals surface area (Å²) in [6.07, 6.45) is 2.06. The minimum absolute atomic E-state index is 0.0709. The molecule has 0 spiro atoms. The molecular weight excluding hydrogens is 256 g/mol. The highest BCUT2D eigenvalue weighted by Crippen LogP contribution is 2.12. The largest absolute Gasteiger partial charge is 0.349 e. The van der Waals surface area contributed by atoms with Gasteiger partial charge < -0.3 is 4.90 Å². The van der Waals surface area contributed by atoms with Gasteiger partial charge in [-0.25, -0.2) is 15.1 Å². The van der Waals surface area contributed by atoms with Crippen LogP contribution in [0.15, 0.2) is 0 Å². The zero-order valence-corrected chi connectivity index (χ0v) is 12.6. The first-order chi connectivity index (χ1) is 9.07. The first kappa shape index (κ1) is 15.2. The van der Waals surface area contributed by atoms with Crippen LogP contribution in [0.3, 0.4) is 0 Å². The summed E-state index contributed by atoms with van der Waals surface area (Å²) < 4.78 is 0.921. The molecule has 0 bridgehead atoms. The van der Waals surface area contributed by atoms with Crippen LogP contribution in [0.1, 0.15) is 27.7 Å². The second kappa shape index (κ2) is 6.92. The molecule has 19 heavy (non-hydrogen) atoms. The normalized spacial score (nSPS) is 13.1. The van der Waals surface area contributed by atoms with Crippen LogP contribution in [0.4, 0.5) is 5.13 Å². The van der Waals surface area contributed by atoms with E-state index < -0.39 is 0 Å². The van der Waals surface area contributed by atoms with Crippen LogP contribution in [0.5, 0.6) is 0 Å². The topological polar surface area (TPSA) is 44.3 Å². The van der Waals surface area contributed by atoms with Crippen molar-refractivity contribution in [3.8, 4) is 6.07 Å². The molecule has 0 radical (unpaired) electrons. The molecule has 0 amide bonds. The Morgan fingerprint density at radius 2 is 2.16 bits per heavy atom. The van der Waals surface area contributed by atoms with E-state index in [0.717, 1.165) is 22.8 Å². The monoisotopic (exact) mass is 274 g/mol. The summed E-state index contributed by atoms with van der Waals surface area (Å²) in [4.78, 5) is 9.90. The predicted octanol–water partition coefficient (Wildman–Crippen LogP) is 1.98. The lowest BCUT2D eigenvalue weighted by Gasteiger charge is -2.16. The maximum Gasteiger partial charge on any atom is 0.288 e. The summed E-state index contributed by atoms with van der Waals surface area (Å²) >= 11 is 1.55. The molecule has 0 aliphatic heterocycles. The van der Waals surface area contributed by atoms with Crippen LogP contribution in [0, 0.1) is 23.8 Å². The number of anilines is 1. The minimum Gasteiger partial charge on any atom is -0.349 e. The molecule has 0 aromatic carbocycles. The van der Waals surface area contributed by atoms with Crippen molar-refractivity contribution >= 4 is 28.2 Å². The minimum atomic E-state index is 0.0709. The van der Waals surface area contributed by atoms with Gasteiger partial charge in [-0.2, -0.15) is 0 Å². The van der Waals surface area contributed by atoms with Gasteiger partial charge in [-0.15, -0.1) is 0 Å². The summed E-state index contributed by atoms with van der Waals surface area (Å²) in [5.41, 5.74) is 0.0709. The molecule has 1 aromatic heterocycles. The smallest absolute Gasteiger partial charge is 0.288 e. The van der Waals surface area contributed by atoms with Crippen LogP contribution in [0.2, 0.25) is 0 Å². The van der Waals surface area contributed by atoms with Crippen LogP contribution >= 0.6 is 11.3 Å². The number of aromatic nitrogens is 1. The van der Waals surface area contributed by atoms with E-state index in [1.807, 2.05) is 6.07 Å². The van der Waals surface area contributed by atoms with Gasteiger partial charge in [-0.05, 0) is 19.8 Å². The molecule has 1 heterocycles. The highest BCUT2D eigenvalue weighted by Gasteiger charge is 2.10. The standard InChI is InChI=1S/C14H18N4S/c1-6-18(7-2)14-17-13(11(9-15)16-5)12(19-14)8-10(3)4/h8,10H,6-7H2,1-4H3/b12-8-,13-11+. The third-order valence-corrected chi connectivity index (χ3v) is 3.68. The van der Waals surface area contributed by atoms with Crippen LogP contribution in [-0.2, 0) is 0 Å². The van der Waals surface area contributed by atoms with Gasteiger partial charge in [0.05, 0.1) is 12.6 Å². The Kier molecular flexibility index (Phi) is 5.54. The fraction of sp³-hybridized carbons (Fsp3) is 0.500. The summed E-state index contributed by atoms with van der Waals surface area (Å²) in [6, 6.07) is 1.94. The average molecular weight is 274 g/mol. The van der Waals surface area contributed by atoms with Gasteiger partial charge in [-0.1, -0.05) is 31.3 Å². The fourth-order valence-corrected chi connectivity index (χ4v) is 2.97. The lowest BCUT2D eigenvalue weighted by molar-refractivity contribution is 0.857. The molecule has 1 aromatic rings. The number of hydrogen-bond donors (Lipinski definition) is 0. The summed E-state index contributed by atoms with van der Waals surface area (Å²) in [6.45, 7) is 17.1. The number of hydrogen-bond acceptors (Lipinski definition) is 4. The molecule has 0 atom stereocenters. The van der Waals surface area contributed by atoms with Crippen LogP contribution in [-0.4, -0.2) is 18.1 Å². The second-order valence-electron chi connectivity index (χ2n) is 4.36. The number of nitrogens with zero attached hydrogens (tertiary/aromatic N) is 4. The van der Waals surface area contributed by atoms with Gasteiger partial charge in [0, 0.05) is 17.6 Å². The Labute approximate surface area is 118 Å². The molecule has 1 rings (SSSR count). The molecule has 0 aliphatic rings. The average Bonchev–Trinajstić information content (AvgIpc) is 2.76. The first-order valence-electron chi connectivity index (χ1n) is 6.32. The number of nitriles is 1. The Hall–Kier alpha value is -1.85. The van der Waals surface area contributed by atoms with Crippen molar-refractivity contribution in [3.63, 3.8) is 0 Å². The summed E-state index contributed by atoms with van der Waals surface area (Å²) in [5.74, 6) is 0.356. The van der Waals surface area contributed by atoms with E-state index >= 15 is 0 Å². The third kappa shape index (κ3) is 3.56. The summed E-state index contributed by atoms with van der Waals surface area (Å²) in [7, 11) is 0. The van der Waals surface area contributed by atoms with Crippen molar-refractivity contribution in [3.05, 3.63) is 21.3 Å². The molecule has 5 heteroatoms. The maximum atomic E-state index is 9.04. The molecule has 100 valence electrons. The van der Waals surface area contributed by atoms with E-state index in [-0.39, 0.29) is 5.70 Å². The van der Waals surface area contributed by atoms with E-state index in [9.17, 15) is 0 Å². The van der Waals surface area contributed by atoms with E-state index in [2.05, 4.69) is 48.5 Å². The zero-order chi connectivity index (χ0) is 14.4. The van der Waals surface area contributed by atoms with Gasteiger partial charge in [-0.3, -0.25) is 0 Å². The lowest BCUT2D eigenvalue weighted by Crippen LogP contribution is -2.25. The zero-order valence-electron chi connectivity index (χ0n) is 11.8. The highest BCUT2D eigenvalue weighted by molar-refractivity contribution is 7.13. The maximum absolute atomic E-state index is 9.04. The lowest BCUT2D eigenvalue weighted by atomic mass is 10.2. The van der Waals surface area contributed by atoms with Gasteiger partial charge in [0.2, 0.25) is 0 Å². The quantitative estimate of drug-likeness (QED) is 0.789. The van der Waals surface area contributed by atoms with Crippen molar-refractivity contribution in [2.24, 2.45) is 5.92 Å². The molecule has 0 aliphatic carbocycles. The van der Waals surface area contributed by atoms with Gasteiger partial charge >= 0.3 is 0 Å². The number of rotatable bonds is 4. The van der Waals surface area contributed by atoms with Crippen molar-refractivity contribution in [1.82, 2.24) is 4.98 Å². The van der Waals surface area contributed by atoms with E-state index in [0.29, 0.717) is 11.3 Å². The molecule has 0 unspecified atom stereocenters. The third-order valence-electron chi connectivity index (χ3n) is 2.60. The van der Waals surface area contributed by atoms with Crippen molar-refractivity contribution in [1.29, 1.82) is 5.26 Å². The molecular formula is C14H18N4S. The Bertz CT molecular complexity index is 608. The van der Waals surface area contributed by atoms with Crippen LogP contribution in [0.25, 0.3) is 16.6 Å². The van der Waals surface area contributed by atoms with Crippen molar-refractivity contribution in [2.75, 3.05) is 18.0 Å². The first-order valence-corrected chi connectivity index (χ1v) is 7.14. The SMILES string of the molecule is [C-]#[N+]/C(C#N)=c1/nc(N(CC)CC)s/c1=C\C(C)C. The van der Waals surface area contributed by atoms with Crippen molar-refractivity contribution < 1.29 is 0 Å². The highest BCUT2D eigenvalue weighted by atomic mass is 32.1. The fourth-order valence-electron chi connectivity index (χ4n) is 1.67. The van der Waals surface area contributed by atoms with Gasteiger partial charge in [0.1, 0.15) is 5.35 Å². The second-order valence-corrected chi connectivity index (χ2v) is 5.37. The Balaban J connectivity index is 3.61. The summed E-state index contributed by atoms with van der Waals surface area (Å²) in [5, 5.41) is 10.4. The molecule has 0 saturated carbocycles. The molecule has 0 N–H and O–H groups in total. The van der Waals surface area contributed by atoms with E-state index in [1.54, 1.807) is 11.3 Å². The van der Waals surface area contributed by atoms with Crippen molar-refractivity contribution in [2.45, 2.75) is 27.7 Å².